The molecule has 3 aliphatic rings. The number of fused-ring (bicyclic) bond motifs is 4. The molecule has 1 N–H and O–H groups in total. The molecule has 128 valence electrons. The monoisotopic (exact) mass is 353 g/mol. The SMILES string of the molecule is O=C(N[C@@H]1CN2CCC1CC2)c1cccc2oc(-c3ccsc3)nc12. The van der Waals surface area contributed by atoms with Gasteiger partial charge in [0.2, 0.25) is 5.89 Å². The van der Waals surface area contributed by atoms with Crippen LogP contribution < -0.4 is 5.32 Å². The fourth-order valence-electron chi connectivity index (χ4n) is 4.02. The second-order valence-electron chi connectivity index (χ2n) is 6.90. The Morgan fingerprint density at radius 2 is 2.16 bits per heavy atom. The lowest BCUT2D eigenvalue weighted by molar-refractivity contribution is 0.0621. The summed E-state index contributed by atoms with van der Waals surface area (Å²) in [5.74, 6) is 1.13. The van der Waals surface area contributed by atoms with E-state index in [4.69, 9.17) is 4.42 Å². The van der Waals surface area contributed by atoms with E-state index >= 15 is 0 Å². The maximum Gasteiger partial charge on any atom is 0.253 e. The number of carbonyl (C=O) groups is 1. The van der Waals surface area contributed by atoms with Gasteiger partial charge in [0.25, 0.3) is 5.91 Å². The zero-order valence-corrected chi connectivity index (χ0v) is 14.6. The number of aromatic nitrogens is 1. The molecule has 3 aromatic rings. The fourth-order valence-corrected chi connectivity index (χ4v) is 4.65. The lowest BCUT2D eigenvalue weighted by Gasteiger charge is -2.44. The highest BCUT2D eigenvalue weighted by molar-refractivity contribution is 7.08. The van der Waals surface area contributed by atoms with Crippen LogP contribution in [0.4, 0.5) is 0 Å². The highest BCUT2D eigenvalue weighted by Crippen LogP contribution is 2.30. The Kier molecular flexibility index (Phi) is 3.60. The van der Waals surface area contributed by atoms with Crippen LogP contribution in [-0.2, 0) is 0 Å². The minimum Gasteiger partial charge on any atom is -0.436 e. The van der Waals surface area contributed by atoms with Gasteiger partial charge in [-0.3, -0.25) is 4.79 Å². The molecular weight excluding hydrogens is 334 g/mol. The molecule has 1 atom stereocenters. The number of benzene rings is 1. The summed E-state index contributed by atoms with van der Waals surface area (Å²) in [4.78, 5) is 19.9. The van der Waals surface area contributed by atoms with Crippen molar-refractivity contribution in [2.45, 2.75) is 18.9 Å². The standard InChI is InChI=1S/C19H19N3O2S/c23-18(20-15-10-22-7-4-12(15)5-8-22)14-2-1-3-16-17(14)21-19(24-16)13-6-9-25-11-13/h1-3,6,9,11-12,15H,4-5,7-8,10H2,(H,20,23)/t15-/m1/s1. The molecule has 1 amide bonds. The van der Waals surface area contributed by atoms with Gasteiger partial charge in [-0.05, 0) is 55.4 Å². The van der Waals surface area contributed by atoms with E-state index < -0.39 is 0 Å². The summed E-state index contributed by atoms with van der Waals surface area (Å²) >= 11 is 1.60. The van der Waals surface area contributed by atoms with Gasteiger partial charge in [-0.25, -0.2) is 4.98 Å². The van der Waals surface area contributed by atoms with Gasteiger partial charge in [0.15, 0.2) is 5.58 Å². The van der Waals surface area contributed by atoms with Crippen LogP contribution in [-0.4, -0.2) is 41.5 Å². The third-order valence-electron chi connectivity index (χ3n) is 5.40. The van der Waals surface area contributed by atoms with E-state index in [1.54, 1.807) is 11.3 Å². The van der Waals surface area contributed by atoms with Crippen LogP contribution in [0.25, 0.3) is 22.6 Å². The number of amides is 1. The summed E-state index contributed by atoms with van der Waals surface area (Å²) in [6.45, 7) is 3.30. The van der Waals surface area contributed by atoms with Crippen molar-refractivity contribution >= 4 is 28.3 Å². The molecule has 3 fully saturated rings. The zero-order valence-electron chi connectivity index (χ0n) is 13.8. The van der Waals surface area contributed by atoms with E-state index in [1.165, 1.54) is 25.9 Å². The quantitative estimate of drug-likeness (QED) is 0.784. The summed E-state index contributed by atoms with van der Waals surface area (Å²) in [5.41, 5.74) is 2.84. The van der Waals surface area contributed by atoms with Gasteiger partial charge >= 0.3 is 0 Å². The van der Waals surface area contributed by atoms with Gasteiger partial charge in [0, 0.05) is 23.5 Å². The van der Waals surface area contributed by atoms with Crippen LogP contribution in [0.1, 0.15) is 23.2 Å². The Hall–Kier alpha value is -2.18. The van der Waals surface area contributed by atoms with E-state index in [0.29, 0.717) is 28.5 Å². The van der Waals surface area contributed by atoms with Crippen LogP contribution in [0, 0.1) is 5.92 Å². The van der Waals surface area contributed by atoms with Crippen molar-refractivity contribution in [2.24, 2.45) is 5.92 Å². The van der Waals surface area contributed by atoms with Crippen molar-refractivity contribution in [1.29, 1.82) is 0 Å². The van der Waals surface area contributed by atoms with Crippen LogP contribution >= 0.6 is 11.3 Å². The van der Waals surface area contributed by atoms with E-state index in [9.17, 15) is 4.79 Å². The van der Waals surface area contributed by atoms with Crippen molar-refractivity contribution in [3.05, 3.63) is 40.6 Å². The molecule has 1 aromatic carbocycles. The number of nitrogens with zero attached hydrogens (tertiary/aromatic N) is 2. The van der Waals surface area contributed by atoms with Crippen molar-refractivity contribution in [3.8, 4) is 11.5 Å². The highest BCUT2D eigenvalue weighted by atomic mass is 32.1. The minimum atomic E-state index is -0.0467. The maximum absolute atomic E-state index is 12.9. The third-order valence-corrected chi connectivity index (χ3v) is 6.09. The number of nitrogens with one attached hydrogen (secondary N) is 1. The van der Waals surface area contributed by atoms with Crippen LogP contribution in [0.2, 0.25) is 0 Å². The second-order valence-corrected chi connectivity index (χ2v) is 7.68. The van der Waals surface area contributed by atoms with Gasteiger partial charge in [0.05, 0.1) is 5.56 Å². The highest BCUT2D eigenvalue weighted by Gasteiger charge is 2.35. The van der Waals surface area contributed by atoms with Gasteiger partial charge in [-0.1, -0.05) is 6.07 Å². The summed E-state index contributed by atoms with van der Waals surface area (Å²) in [6, 6.07) is 7.77. The second kappa shape index (κ2) is 5.97. The molecule has 3 saturated heterocycles. The van der Waals surface area contributed by atoms with Crippen molar-refractivity contribution < 1.29 is 9.21 Å². The first-order valence-corrected chi connectivity index (χ1v) is 9.67. The first-order chi connectivity index (χ1) is 12.3. The summed E-state index contributed by atoms with van der Waals surface area (Å²) in [6.07, 6.45) is 2.36. The third kappa shape index (κ3) is 2.65. The summed E-state index contributed by atoms with van der Waals surface area (Å²) < 4.78 is 5.85. The summed E-state index contributed by atoms with van der Waals surface area (Å²) in [7, 11) is 0. The molecule has 2 bridgehead atoms. The molecule has 0 radical (unpaired) electrons. The molecule has 6 rings (SSSR count). The number of hydrogen-bond acceptors (Lipinski definition) is 5. The molecule has 2 aromatic heterocycles. The number of hydrogen-bond donors (Lipinski definition) is 1. The largest absolute Gasteiger partial charge is 0.436 e. The topological polar surface area (TPSA) is 58.4 Å². The molecule has 0 unspecified atom stereocenters. The Balaban J connectivity index is 1.45. The first kappa shape index (κ1) is 15.1. The van der Waals surface area contributed by atoms with Gasteiger partial charge < -0.3 is 14.6 Å². The Morgan fingerprint density at radius 3 is 2.88 bits per heavy atom. The summed E-state index contributed by atoms with van der Waals surface area (Å²) in [5, 5.41) is 7.23. The lowest BCUT2D eigenvalue weighted by atomic mass is 9.84. The first-order valence-electron chi connectivity index (χ1n) is 8.73. The number of thiophene rings is 1. The van der Waals surface area contributed by atoms with Crippen molar-refractivity contribution in [1.82, 2.24) is 15.2 Å². The molecule has 0 saturated carbocycles. The number of rotatable bonds is 3. The molecule has 25 heavy (non-hydrogen) atoms. The minimum absolute atomic E-state index is 0.0467. The molecular formula is C19H19N3O2S. The Labute approximate surface area is 149 Å². The molecule has 3 aliphatic heterocycles. The van der Waals surface area contributed by atoms with Crippen molar-refractivity contribution in [2.75, 3.05) is 19.6 Å². The number of oxazole rings is 1. The van der Waals surface area contributed by atoms with Crippen LogP contribution in [0.3, 0.4) is 0 Å². The average Bonchev–Trinajstić information content (AvgIpc) is 3.31. The maximum atomic E-state index is 12.9. The van der Waals surface area contributed by atoms with Crippen LogP contribution in [0.5, 0.6) is 0 Å². The van der Waals surface area contributed by atoms with E-state index in [0.717, 1.165) is 12.1 Å². The normalized spacial score (nSPS) is 25.4. The molecule has 5 heterocycles. The Morgan fingerprint density at radius 1 is 1.28 bits per heavy atom. The van der Waals surface area contributed by atoms with Crippen molar-refractivity contribution in [3.63, 3.8) is 0 Å². The smallest absolute Gasteiger partial charge is 0.253 e. The predicted octanol–water partition coefficient (Wildman–Crippen LogP) is 3.38. The van der Waals surface area contributed by atoms with E-state index in [-0.39, 0.29) is 11.9 Å². The molecule has 6 heteroatoms. The average molecular weight is 353 g/mol. The Bertz CT molecular complexity index is 910. The van der Waals surface area contributed by atoms with Gasteiger partial charge in [0.1, 0.15) is 5.52 Å². The molecule has 0 aliphatic carbocycles. The van der Waals surface area contributed by atoms with Crippen LogP contribution in [0.15, 0.2) is 39.4 Å². The fraction of sp³-hybridized carbons (Fsp3) is 0.368. The number of para-hydroxylation sites is 1. The number of carbonyl (C=O) groups excluding carboxylic acids is 1. The predicted molar refractivity (Wildman–Crippen MR) is 97.7 cm³/mol. The lowest BCUT2D eigenvalue weighted by Crippen LogP contribution is -2.57. The molecule has 5 nitrogen and oxygen atoms in total. The van der Waals surface area contributed by atoms with E-state index in [1.807, 2.05) is 35.0 Å². The number of piperidine rings is 3. The van der Waals surface area contributed by atoms with Gasteiger partial charge in [-0.2, -0.15) is 11.3 Å². The zero-order chi connectivity index (χ0) is 16.8. The van der Waals surface area contributed by atoms with E-state index in [2.05, 4.69) is 15.2 Å². The molecule has 0 spiro atoms. The van der Waals surface area contributed by atoms with Gasteiger partial charge in [-0.15, -0.1) is 0 Å².